The molecule has 2 aromatic rings. The van der Waals surface area contributed by atoms with Gasteiger partial charge >= 0.3 is 5.97 Å². The predicted octanol–water partition coefficient (Wildman–Crippen LogP) is 2.55. The first-order valence-electron chi connectivity index (χ1n) is 5.61. The molecular formula is C14H12N2O2. The van der Waals surface area contributed by atoms with Gasteiger partial charge in [-0.3, -0.25) is 4.57 Å². The summed E-state index contributed by atoms with van der Waals surface area (Å²) in [5.41, 5.74) is 1.64. The molecule has 1 aromatic carbocycles. The third-order valence-corrected chi connectivity index (χ3v) is 2.54. The average molecular weight is 240 g/mol. The molecule has 1 heterocycles. The highest BCUT2D eigenvalue weighted by Gasteiger charge is 2.05. The van der Waals surface area contributed by atoms with Crippen molar-refractivity contribution in [1.29, 1.82) is 5.26 Å². The summed E-state index contributed by atoms with van der Waals surface area (Å²) in [6.45, 7) is 2.11. The highest BCUT2D eigenvalue weighted by Crippen LogP contribution is 2.21. The van der Waals surface area contributed by atoms with Gasteiger partial charge in [0, 0.05) is 23.2 Å². The number of nitriles is 1. The van der Waals surface area contributed by atoms with Crippen LogP contribution in [0.25, 0.3) is 17.0 Å². The van der Waals surface area contributed by atoms with Gasteiger partial charge in [0.1, 0.15) is 0 Å². The van der Waals surface area contributed by atoms with Crippen LogP contribution >= 0.6 is 0 Å². The maximum absolute atomic E-state index is 11.2. The van der Waals surface area contributed by atoms with E-state index in [1.54, 1.807) is 19.2 Å². The van der Waals surface area contributed by atoms with Crippen molar-refractivity contribution in [1.82, 2.24) is 4.57 Å². The first-order chi connectivity index (χ1) is 8.76. The van der Waals surface area contributed by atoms with Crippen LogP contribution in [0, 0.1) is 11.5 Å². The molecule has 0 atom stereocenters. The second-order valence-corrected chi connectivity index (χ2v) is 3.66. The molecule has 0 unspecified atom stereocenters. The molecule has 0 aliphatic rings. The molecule has 0 fully saturated rings. The smallest absolute Gasteiger partial charge is 0.330 e. The van der Waals surface area contributed by atoms with Gasteiger partial charge in [-0.1, -0.05) is 18.2 Å². The molecular weight excluding hydrogens is 228 g/mol. The molecule has 0 radical (unpaired) electrons. The van der Waals surface area contributed by atoms with Crippen LogP contribution in [0.2, 0.25) is 0 Å². The van der Waals surface area contributed by atoms with Crippen LogP contribution in [0.3, 0.4) is 0 Å². The van der Waals surface area contributed by atoms with E-state index < -0.39 is 0 Å². The van der Waals surface area contributed by atoms with E-state index in [1.165, 1.54) is 10.6 Å². The summed E-state index contributed by atoms with van der Waals surface area (Å²) in [5.74, 6) is -0.383. The van der Waals surface area contributed by atoms with Crippen molar-refractivity contribution in [3.05, 3.63) is 42.1 Å². The lowest BCUT2D eigenvalue weighted by atomic mass is 10.1. The highest BCUT2D eigenvalue weighted by atomic mass is 16.5. The zero-order valence-electron chi connectivity index (χ0n) is 9.96. The first-order valence-corrected chi connectivity index (χ1v) is 5.61. The van der Waals surface area contributed by atoms with Crippen LogP contribution in [0.15, 0.2) is 36.5 Å². The number of aromatic nitrogens is 1. The molecule has 1 aromatic heterocycles. The molecule has 0 spiro atoms. The molecule has 4 nitrogen and oxygen atoms in total. The SMILES string of the molecule is CCOC(=O)C=Cc1cn(C#N)c2ccccc12. The topological polar surface area (TPSA) is 55.0 Å². The minimum absolute atomic E-state index is 0.350. The molecule has 90 valence electrons. The minimum Gasteiger partial charge on any atom is -0.463 e. The van der Waals surface area contributed by atoms with Crippen molar-refractivity contribution in [3.63, 3.8) is 0 Å². The predicted molar refractivity (Wildman–Crippen MR) is 68.6 cm³/mol. The Morgan fingerprint density at radius 2 is 2.28 bits per heavy atom. The summed E-state index contributed by atoms with van der Waals surface area (Å²) in [6.07, 6.45) is 6.79. The lowest BCUT2D eigenvalue weighted by Gasteiger charge is -1.94. The summed E-state index contributed by atoms with van der Waals surface area (Å²) in [4.78, 5) is 11.2. The Balaban J connectivity index is 2.40. The Hall–Kier alpha value is -2.54. The first kappa shape index (κ1) is 11.9. The van der Waals surface area contributed by atoms with Gasteiger partial charge in [0.2, 0.25) is 0 Å². The van der Waals surface area contributed by atoms with Crippen molar-refractivity contribution in [3.8, 4) is 6.19 Å². The number of para-hydroxylation sites is 1. The quantitative estimate of drug-likeness (QED) is 0.612. The molecule has 2 rings (SSSR count). The van der Waals surface area contributed by atoms with Crippen molar-refractivity contribution in [2.45, 2.75) is 6.92 Å². The number of rotatable bonds is 3. The van der Waals surface area contributed by atoms with Crippen LogP contribution in [0.5, 0.6) is 0 Å². The van der Waals surface area contributed by atoms with Crippen LogP contribution in [0.1, 0.15) is 12.5 Å². The van der Waals surface area contributed by atoms with Crippen LogP contribution in [0.4, 0.5) is 0 Å². The summed E-state index contributed by atoms with van der Waals surface area (Å²) in [5, 5.41) is 9.94. The van der Waals surface area contributed by atoms with Gasteiger partial charge in [0.15, 0.2) is 6.19 Å². The standard InChI is InChI=1S/C14H12N2O2/c1-2-18-14(17)8-7-11-9-16(10-15)13-6-4-3-5-12(11)13/h3-9H,2H2,1H3. The fourth-order valence-electron chi connectivity index (χ4n) is 1.77. The zero-order chi connectivity index (χ0) is 13.0. The Kier molecular flexibility index (Phi) is 3.44. The van der Waals surface area contributed by atoms with Gasteiger partial charge in [0.25, 0.3) is 0 Å². The number of esters is 1. The molecule has 0 bridgehead atoms. The van der Waals surface area contributed by atoms with E-state index in [-0.39, 0.29) is 5.97 Å². The molecule has 0 aliphatic carbocycles. The number of nitrogens with zero attached hydrogens (tertiary/aromatic N) is 2. The third kappa shape index (κ3) is 2.25. The van der Waals surface area contributed by atoms with Gasteiger partial charge in [-0.05, 0) is 19.1 Å². The number of carbonyl (C=O) groups excluding carboxylic acids is 1. The fraction of sp³-hybridized carbons (Fsp3) is 0.143. The lowest BCUT2D eigenvalue weighted by Crippen LogP contribution is -1.98. The number of hydrogen-bond acceptors (Lipinski definition) is 3. The number of benzene rings is 1. The maximum atomic E-state index is 11.2. The van der Waals surface area contributed by atoms with Crippen molar-refractivity contribution >= 4 is 22.9 Å². The molecule has 0 saturated heterocycles. The molecule has 0 amide bonds. The molecule has 0 aliphatic heterocycles. The van der Waals surface area contributed by atoms with Crippen LogP contribution in [-0.2, 0) is 9.53 Å². The van der Waals surface area contributed by atoms with Crippen molar-refractivity contribution < 1.29 is 9.53 Å². The van der Waals surface area contributed by atoms with Crippen molar-refractivity contribution in [2.24, 2.45) is 0 Å². The van der Waals surface area contributed by atoms with Crippen LogP contribution < -0.4 is 0 Å². The molecule has 0 saturated carbocycles. The number of fused-ring (bicyclic) bond motifs is 1. The van der Waals surface area contributed by atoms with Gasteiger partial charge in [0.05, 0.1) is 12.1 Å². The Morgan fingerprint density at radius 1 is 1.50 bits per heavy atom. The van der Waals surface area contributed by atoms with E-state index in [4.69, 9.17) is 10.00 Å². The second kappa shape index (κ2) is 5.19. The normalized spacial score (nSPS) is 10.7. The number of ether oxygens (including phenoxy) is 1. The van der Waals surface area contributed by atoms with E-state index in [9.17, 15) is 4.79 Å². The highest BCUT2D eigenvalue weighted by molar-refractivity contribution is 5.94. The number of carbonyl (C=O) groups is 1. The van der Waals surface area contributed by atoms with Crippen LogP contribution in [-0.4, -0.2) is 17.1 Å². The van der Waals surface area contributed by atoms with Gasteiger partial charge < -0.3 is 4.74 Å². The summed E-state index contributed by atoms with van der Waals surface area (Å²) in [6, 6.07) is 7.54. The Morgan fingerprint density at radius 3 is 3.00 bits per heavy atom. The van der Waals surface area contributed by atoms with E-state index in [2.05, 4.69) is 6.19 Å². The Labute approximate surface area is 105 Å². The van der Waals surface area contributed by atoms with Gasteiger partial charge in [-0.25, -0.2) is 4.79 Å². The Bertz CT molecular complexity index is 647. The van der Waals surface area contributed by atoms with Gasteiger partial charge in [-0.15, -0.1) is 0 Å². The molecule has 18 heavy (non-hydrogen) atoms. The third-order valence-electron chi connectivity index (χ3n) is 2.54. The lowest BCUT2D eigenvalue weighted by molar-refractivity contribution is -0.137. The fourth-order valence-corrected chi connectivity index (χ4v) is 1.77. The summed E-state index contributed by atoms with van der Waals surface area (Å²) in [7, 11) is 0. The zero-order valence-corrected chi connectivity index (χ0v) is 9.96. The molecule has 4 heteroatoms. The average Bonchev–Trinajstić information content (AvgIpc) is 2.75. The maximum Gasteiger partial charge on any atom is 0.330 e. The second-order valence-electron chi connectivity index (χ2n) is 3.66. The van der Waals surface area contributed by atoms with Gasteiger partial charge in [-0.2, -0.15) is 5.26 Å². The number of hydrogen-bond donors (Lipinski definition) is 0. The van der Waals surface area contributed by atoms with E-state index in [0.717, 1.165) is 16.5 Å². The molecule has 0 N–H and O–H groups in total. The minimum atomic E-state index is -0.383. The monoisotopic (exact) mass is 240 g/mol. The largest absolute Gasteiger partial charge is 0.463 e. The summed E-state index contributed by atoms with van der Waals surface area (Å²) >= 11 is 0. The van der Waals surface area contributed by atoms with E-state index in [0.29, 0.717) is 6.61 Å². The van der Waals surface area contributed by atoms with E-state index >= 15 is 0 Å². The summed E-state index contributed by atoms with van der Waals surface area (Å²) < 4.78 is 6.28. The van der Waals surface area contributed by atoms with Crippen molar-refractivity contribution in [2.75, 3.05) is 6.61 Å². The van der Waals surface area contributed by atoms with E-state index in [1.807, 2.05) is 24.3 Å².